The topological polar surface area (TPSA) is 33.2 Å². The minimum absolute atomic E-state index is 0.179. The number of carbonyl (C=O) groups is 1. The second-order valence-electron chi connectivity index (χ2n) is 4.62. The highest BCUT2D eigenvalue weighted by molar-refractivity contribution is 5.82. The predicted molar refractivity (Wildman–Crippen MR) is 69.9 cm³/mol. The molecule has 0 saturated heterocycles. The molecule has 1 unspecified atom stereocenters. The molecule has 1 heterocycles. The van der Waals surface area contributed by atoms with Crippen molar-refractivity contribution < 1.29 is 4.79 Å². The summed E-state index contributed by atoms with van der Waals surface area (Å²) in [4.78, 5) is 17.8. The van der Waals surface area contributed by atoms with Crippen LogP contribution in [0.1, 0.15) is 25.8 Å². The summed E-state index contributed by atoms with van der Waals surface area (Å²) < 4.78 is 0. The summed E-state index contributed by atoms with van der Waals surface area (Å²) >= 11 is 0. The van der Waals surface area contributed by atoms with E-state index in [0.717, 1.165) is 19.4 Å². The van der Waals surface area contributed by atoms with Crippen molar-refractivity contribution in [3.63, 3.8) is 0 Å². The molecule has 17 heavy (non-hydrogen) atoms. The second-order valence-corrected chi connectivity index (χ2v) is 4.62. The van der Waals surface area contributed by atoms with Crippen molar-refractivity contribution >= 4 is 5.78 Å². The third kappa shape index (κ3) is 5.09. The van der Waals surface area contributed by atoms with E-state index in [4.69, 9.17) is 0 Å². The van der Waals surface area contributed by atoms with Crippen LogP contribution in [0.2, 0.25) is 0 Å². The Morgan fingerprint density at radius 3 is 2.65 bits per heavy atom. The van der Waals surface area contributed by atoms with Crippen LogP contribution in [0.4, 0.5) is 0 Å². The van der Waals surface area contributed by atoms with Crippen molar-refractivity contribution in [2.24, 2.45) is 5.92 Å². The van der Waals surface area contributed by atoms with Gasteiger partial charge < -0.3 is 0 Å². The van der Waals surface area contributed by atoms with Crippen LogP contribution in [0.25, 0.3) is 0 Å². The molecule has 0 radical (unpaired) electrons. The van der Waals surface area contributed by atoms with Gasteiger partial charge in [-0.3, -0.25) is 14.7 Å². The normalized spacial score (nSPS) is 12.7. The zero-order valence-corrected chi connectivity index (χ0v) is 11.0. The number of Topliss-reactive ketones (excluding diaryl/α,β-unsaturated/α-hetero) is 1. The van der Waals surface area contributed by atoms with Gasteiger partial charge in [-0.2, -0.15) is 0 Å². The molecule has 94 valence electrons. The molecule has 3 nitrogen and oxygen atoms in total. The van der Waals surface area contributed by atoms with Crippen molar-refractivity contribution in [3.05, 3.63) is 30.1 Å². The van der Waals surface area contributed by atoms with Gasteiger partial charge in [-0.05, 0) is 37.6 Å². The molecule has 0 saturated carbocycles. The fourth-order valence-corrected chi connectivity index (χ4v) is 1.60. The van der Waals surface area contributed by atoms with E-state index in [1.807, 2.05) is 26.1 Å². The molecule has 0 fully saturated rings. The maximum absolute atomic E-state index is 11.7. The van der Waals surface area contributed by atoms with Gasteiger partial charge in [0.05, 0.1) is 6.54 Å². The van der Waals surface area contributed by atoms with E-state index in [0.29, 0.717) is 12.3 Å². The molecular formula is C14H22N2O. The molecule has 3 heteroatoms. The van der Waals surface area contributed by atoms with E-state index in [9.17, 15) is 4.79 Å². The number of carbonyl (C=O) groups excluding carboxylic acids is 1. The summed E-state index contributed by atoms with van der Waals surface area (Å²) in [7, 11) is 2.00. The Hall–Kier alpha value is -1.22. The molecule has 1 atom stereocenters. The van der Waals surface area contributed by atoms with Crippen LogP contribution in [0, 0.1) is 5.92 Å². The SMILES string of the molecule is CCC(C)C(=O)CN(C)CCc1ccncc1. The van der Waals surface area contributed by atoms with Gasteiger partial charge in [0.1, 0.15) is 5.78 Å². The van der Waals surface area contributed by atoms with Crippen molar-refractivity contribution in [1.29, 1.82) is 0 Å². The van der Waals surface area contributed by atoms with Crippen LogP contribution in [-0.4, -0.2) is 35.8 Å². The van der Waals surface area contributed by atoms with Gasteiger partial charge in [-0.25, -0.2) is 0 Å². The van der Waals surface area contributed by atoms with Crippen molar-refractivity contribution in [3.8, 4) is 0 Å². The molecule has 1 aromatic heterocycles. The third-order valence-electron chi connectivity index (χ3n) is 3.12. The molecule has 0 bridgehead atoms. The maximum Gasteiger partial charge on any atom is 0.149 e. The Morgan fingerprint density at radius 2 is 2.06 bits per heavy atom. The number of pyridine rings is 1. The number of rotatable bonds is 7. The molecule has 0 amide bonds. The molecule has 0 aliphatic carbocycles. The quantitative estimate of drug-likeness (QED) is 0.725. The highest BCUT2D eigenvalue weighted by Gasteiger charge is 2.12. The molecule has 0 aliphatic rings. The smallest absolute Gasteiger partial charge is 0.149 e. The average molecular weight is 234 g/mol. The Bertz CT molecular complexity index is 337. The summed E-state index contributed by atoms with van der Waals surface area (Å²) in [6.07, 6.45) is 5.50. The van der Waals surface area contributed by atoms with Gasteiger partial charge in [-0.1, -0.05) is 13.8 Å². The molecule has 0 aliphatic heterocycles. The first-order valence-corrected chi connectivity index (χ1v) is 6.23. The Balaban J connectivity index is 2.30. The van der Waals surface area contributed by atoms with Crippen molar-refractivity contribution in [2.45, 2.75) is 26.7 Å². The van der Waals surface area contributed by atoms with E-state index < -0.39 is 0 Å². The number of hydrogen-bond acceptors (Lipinski definition) is 3. The highest BCUT2D eigenvalue weighted by Crippen LogP contribution is 2.04. The molecule has 0 aromatic carbocycles. The van der Waals surface area contributed by atoms with Crippen LogP contribution in [-0.2, 0) is 11.2 Å². The minimum Gasteiger partial charge on any atom is -0.299 e. The van der Waals surface area contributed by atoms with E-state index in [1.54, 1.807) is 12.4 Å². The predicted octanol–water partition coefficient (Wildman–Crippen LogP) is 2.17. The summed E-state index contributed by atoms with van der Waals surface area (Å²) in [5, 5.41) is 0. The summed E-state index contributed by atoms with van der Waals surface area (Å²) in [5.41, 5.74) is 1.27. The van der Waals surface area contributed by atoms with Gasteiger partial charge >= 0.3 is 0 Å². The standard InChI is InChI=1S/C14H22N2O/c1-4-12(2)14(17)11-16(3)10-7-13-5-8-15-9-6-13/h5-6,8-9,12H,4,7,10-11H2,1-3H3. The average Bonchev–Trinajstić information content (AvgIpc) is 2.36. The van der Waals surface area contributed by atoms with Crippen molar-refractivity contribution in [1.82, 2.24) is 9.88 Å². The highest BCUT2D eigenvalue weighted by atomic mass is 16.1. The Kier molecular flexibility index (Phi) is 5.84. The monoisotopic (exact) mass is 234 g/mol. The van der Waals surface area contributed by atoms with Gasteiger partial charge in [-0.15, -0.1) is 0 Å². The summed E-state index contributed by atoms with van der Waals surface area (Å²) in [5.74, 6) is 0.517. The van der Waals surface area contributed by atoms with E-state index >= 15 is 0 Å². The lowest BCUT2D eigenvalue weighted by Gasteiger charge is -2.17. The molecule has 1 rings (SSSR count). The van der Waals surface area contributed by atoms with E-state index in [1.165, 1.54) is 5.56 Å². The van der Waals surface area contributed by atoms with Crippen molar-refractivity contribution in [2.75, 3.05) is 20.1 Å². The number of likely N-dealkylation sites (N-methyl/N-ethyl adjacent to an activating group) is 1. The molecule has 0 spiro atoms. The van der Waals surface area contributed by atoms with Gasteiger partial charge in [0.2, 0.25) is 0 Å². The number of aromatic nitrogens is 1. The van der Waals surface area contributed by atoms with E-state index in [-0.39, 0.29) is 5.92 Å². The Labute approximate surface area is 104 Å². The number of hydrogen-bond donors (Lipinski definition) is 0. The van der Waals surface area contributed by atoms with Gasteiger partial charge in [0.15, 0.2) is 0 Å². The lowest BCUT2D eigenvalue weighted by molar-refractivity contribution is -0.123. The lowest BCUT2D eigenvalue weighted by Crippen LogP contribution is -2.30. The molecular weight excluding hydrogens is 212 g/mol. The van der Waals surface area contributed by atoms with E-state index in [2.05, 4.69) is 16.8 Å². The molecule has 1 aromatic rings. The lowest BCUT2D eigenvalue weighted by atomic mass is 10.0. The maximum atomic E-state index is 11.7. The second kappa shape index (κ2) is 7.17. The molecule has 0 N–H and O–H groups in total. The summed E-state index contributed by atoms with van der Waals surface area (Å²) in [6, 6.07) is 4.04. The minimum atomic E-state index is 0.179. The number of ketones is 1. The number of nitrogens with zero attached hydrogens (tertiary/aromatic N) is 2. The summed E-state index contributed by atoms with van der Waals surface area (Å²) in [6.45, 7) is 5.52. The first-order valence-electron chi connectivity index (χ1n) is 6.23. The zero-order valence-electron chi connectivity index (χ0n) is 11.0. The van der Waals surface area contributed by atoms with Gasteiger partial charge in [0, 0.05) is 24.9 Å². The van der Waals surface area contributed by atoms with Gasteiger partial charge in [0.25, 0.3) is 0 Å². The van der Waals surface area contributed by atoms with Crippen LogP contribution in [0.15, 0.2) is 24.5 Å². The van der Waals surface area contributed by atoms with Crippen LogP contribution in [0.3, 0.4) is 0 Å². The van der Waals surface area contributed by atoms with Crippen LogP contribution < -0.4 is 0 Å². The fourth-order valence-electron chi connectivity index (χ4n) is 1.60. The Morgan fingerprint density at radius 1 is 1.41 bits per heavy atom. The zero-order chi connectivity index (χ0) is 12.7. The fraction of sp³-hybridized carbons (Fsp3) is 0.571. The first kappa shape index (κ1) is 13.8. The first-order chi connectivity index (χ1) is 8.13. The largest absolute Gasteiger partial charge is 0.299 e. The van der Waals surface area contributed by atoms with Crippen LogP contribution >= 0.6 is 0 Å². The van der Waals surface area contributed by atoms with Crippen LogP contribution in [0.5, 0.6) is 0 Å². The third-order valence-corrected chi connectivity index (χ3v) is 3.12.